The van der Waals surface area contributed by atoms with Crippen LogP contribution < -0.4 is 10.1 Å². The van der Waals surface area contributed by atoms with Crippen molar-refractivity contribution in [2.24, 2.45) is 0 Å². The fourth-order valence-corrected chi connectivity index (χ4v) is 5.14. The maximum Gasteiger partial charge on any atom is 0.253 e. The van der Waals surface area contributed by atoms with E-state index in [1.165, 1.54) is 33.0 Å². The van der Waals surface area contributed by atoms with Crippen LogP contribution in [0.15, 0.2) is 36.4 Å². The number of likely N-dealkylation sites (N-methyl/N-ethyl adjacent to an activating group) is 1. The van der Waals surface area contributed by atoms with Gasteiger partial charge in [0.2, 0.25) is 10.0 Å². The fourth-order valence-electron chi connectivity index (χ4n) is 4.42. The van der Waals surface area contributed by atoms with Crippen LogP contribution in [0.5, 0.6) is 0 Å². The van der Waals surface area contributed by atoms with E-state index in [2.05, 4.69) is 22.0 Å². The number of hydrogen-bond donors (Lipinski definition) is 3. The second-order valence-corrected chi connectivity index (χ2v) is 12.9. The van der Waals surface area contributed by atoms with Crippen molar-refractivity contribution in [2.75, 3.05) is 26.7 Å². The quantitative estimate of drug-likeness (QED) is 0.207. The second kappa shape index (κ2) is 16.5. The van der Waals surface area contributed by atoms with Crippen molar-refractivity contribution < 1.29 is 31.9 Å². The third kappa shape index (κ3) is 11.0. The lowest BCUT2D eigenvalue weighted by molar-refractivity contribution is 0.0687. The first-order valence-corrected chi connectivity index (χ1v) is 15.8. The van der Waals surface area contributed by atoms with E-state index in [0.717, 1.165) is 30.0 Å². The molecule has 2 aromatic rings. The lowest BCUT2D eigenvalue weighted by Gasteiger charge is -2.29. The number of hydrazine groups is 1. The van der Waals surface area contributed by atoms with Crippen LogP contribution in [0.1, 0.15) is 79.3 Å². The van der Waals surface area contributed by atoms with Gasteiger partial charge >= 0.3 is 0 Å². The van der Waals surface area contributed by atoms with Crippen LogP contribution in [-0.2, 0) is 16.4 Å². The Morgan fingerprint density at radius 3 is 2.09 bits per heavy atom. The van der Waals surface area contributed by atoms with E-state index in [4.69, 9.17) is 0 Å². The maximum absolute atomic E-state index is 14.0. The molecule has 0 saturated heterocycles. The first kappa shape index (κ1) is 35.8. The highest BCUT2D eigenvalue weighted by Crippen LogP contribution is 2.16. The van der Waals surface area contributed by atoms with Crippen LogP contribution in [-0.4, -0.2) is 79.3 Å². The van der Waals surface area contributed by atoms with Crippen LogP contribution >= 0.6 is 0 Å². The third-order valence-corrected chi connectivity index (χ3v) is 8.32. The highest BCUT2D eigenvalue weighted by Gasteiger charge is 2.27. The molecule has 236 valence electrons. The lowest BCUT2D eigenvalue weighted by Crippen LogP contribution is -2.52. The summed E-state index contributed by atoms with van der Waals surface area (Å²) < 4.78 is 52.5. The summed E-state index contributed by atoms with van der Waals surface area (Å²) >= 11 is 0. The smallest absolute Gasteiger partial charge is 0.253 e. The standard InChI is InChI=1S/C31H42F2N4O5S/c1-7-10-22-13-24(18-25(14-22)31(40)37(11-8-2)12-9-3)30(39)34-28(17-23-15-26(32)19-27(33)16-23)29(38)20-36(6)35-43(41,42)21(4)5/h13-16,18-19,21,28-29,35,38H,8-9,11-12,17,20H2,1-6H3,(H,34,39). The van der Waals surface area contributed by atoms with Crippen LogP contribution in [0.3, 0.4) is 0 Å². The van der Waals surface area contributed by atoms with E-state index in [1.54, 1.807) is 17.9 Å². The molecule has 43 heavy (non-hydrogen) atoms. The first-order chi connectivity index (χ1) is 20.2. The fraction of sp³-hybridized carbons (Fsp3) is 0.484. The van der Waals surface area contributed by atoms with Gasteiger partial charge in [-0.3, -0.25) is 9.59 Å². The Kier molecular flexibility index (Phi) is 13.7. The zero-order valence-electron chi connectivity index (χ0n) is 25.6. The minimum atomic E-state index is -3.71. The molecule has 2 rings (SSSR count). The monoisotopic (exact) mass is 620 g/mol. The Labute approximate surface area is 253 Å². The average Bonchev–Trinajstić information content (AvgIpc) is 2.91. The molecule has 2 amide bonds. The molecule has 0 saturated carbocycles. The van der Waals surface area contributed by atoms with Crippen molar-refractivity contribution in [1.29, 1.82) is 0 Å². The van der Waals surface area contributed by atoms with E-state index in [0.29, 0.717) is 24.7 Å². The number of nitrogens with zero attached hydrogens (tertiary/aromatic N) is 2. The molecular weight excluding hydrogens is 578 g/mol. The van der Waals surface area contributed by atoms with Gasteiger partial charge in [-0.05, 0) is 75.9 Å². The molecule has 0 aromatic heterocycles. The summed E-state index contributed by atoms with van der Waals surface area (Å²) in [5.74, 6) is 3.10. The van der Waals surface area contributed by atoms with Crippen LogP contribution in [0.4, 0.5) is 8.78 Å². The maximum atomic E-state index is 14.0. The molecular formula is C31H42F2N4O5S. The largest absolute Gasteiger partial charge is 0.390 e. The summed E-state index contributed by atoms with van der Waals surface area (Å²) in [5.41, 5.74) is 0.995. The Balaban J connectivity index is 2.44. The highest BCUT2D eigenvalue weighted by atomic mass is 32.2. The van der Waals surface area contributed by atoms with Crippen molar-refractivity contribution in [3.8, 4) is 11.8 Å². The van der Waals surface area contributed by atoms with Gasteiger partial charge in [0.25, 0.3) is 11.8 Å². The van der Waals surface area contributed by atoms with Crippen molar-refractivity contribution in [3.05, 3.63) is 70.3 Å². The Morgan fingerprint density at radius 2 is 1.56 bits per heavy atom. The zero-order chi connectivity index (χ0) is 32.3. The van der Waals surface area contributed by atoms with Crippen LogP contribution in [0.2, 0.25) is 0 Å². The molecule has 0 spiro atoms. The topological polar surface area (TPSA) is 119 Å². The predicted molar refractivity (Wildman–Crippen MR) is 163 cm³/mol. The summed E-state index contributed by atoms with van der Waals surface area (Å²) in [6, 6.07) is 6.37. The predicted octanol–water partition coefficient (Wildman–Crippen LogP) is 3.48. The number of hydrogen-bond acceptors (Lipinski definition) is 6. The minimum absolute atomic E-state index is 0.105. The molecule has 0 aliphatic heterocycles. The zero-order valence-corrected chi connectivity index (χ0v) is 26.4. The van der Waals surface area contributed by atoms with Crippen LogP contribution in [0, 0.1) is 23.5 Å². The number of aliphatic hydroxyl groups excluding tert-OH is 1. The van der Waals surface area contributed by atoms with Crippen molar-refractivity contribution >= 4 is 21.8 Å². The molecule has 9 nitrogen and oxygen atoms in total. The van der Waals surface area contributed by atoms with E-state index in [1.807, 2.05) is 13.8 Å². The molecule has 0 radical (unpaired) electrons. The SMILES string of the molecule is CC#Cc1cc(C(=O)NC(Cc2cc(F)cc(F)c2)C(O)CN(C)NS(=O)(=O)C(C)C)cc(C(=O)N(CCC)CCC)c1. The van der Waals surface area contributed by atoms with Gasteiger partial charge in [-0.25, -0.2) is 22.2 Å². The number of halogens is 2. The van der Waals surface area contributed by atoms with Gasteiger partial charge in [-0.2, -0.15) is 0 Å². The molecule has 12 heteroatoms. The van der Waals surface area contributed by atoms with Gasteiger partial charge in [0.05, 0.1) is 17.4 Å². The first-order valence-electron chi connectivity index (χ1n) is 14.2. The van der Waals surface area contributed by atoms with E-state index >= 15 is 0 Å². The number of nitrogens with one attached hydrogen (secondary N) is 2. The van der Waals surface area contributed by atoms with Gasteiger partial charge in [-0.15, -0.1) is 10.8 Å². The molecule has 2 atom stereocenters. The van der Waals surface area contributed by atoms with E-state index in [9.17, 15) is 31.9 Å². The summed E-state index contributed by atoms with van der Waals surface area (Å²) in [5, 5.41) is 14.3. The van der Waals surface area contributed by atoms with Crippen molar-refractivity contribution in [3.63, 3.8) is 0 Å². The van der Waals surface area contributed by atoms with Crippen LogP contribution in [0.25, 0.3) is 0 Å². The Morgan fingerprint density at radius 1 is 0.977 bits per heavy atom. The molecule has 3 N–H and O–H groups in total. The van der Waals surface area contributed by atoms with Gasteiger partial charge in [0.1, 0.15) is 11.6 Å². The van der Waals surface area contributed by atoms with E-state index < -0.39 is 45.0 Å². The van der Waals surface area contributed by atoms with Crippen molar-refractivity contribution in [1.82, 2.24) is 20.1 Å². The number of benzene rings is 2. The lowest BCUT2D eigenvalue weighted by atomic mass is 9.99. The third-order valence-electron chi connectivity index (χ3n) is 6.51. The number of rotatable bonds is 15. The highest BCUT2D eigenvalue weighted by molar-refractivity contribution is 7.90. The summed E-state index contributed by atoms with van der Waals surface area (Å²) in [4.78, 5) is 31.0. The Bertz CT molecular complexity index is 1410. The van der Waals surface area contributed by atoms with Gasteiger partial charge in [0.15, 0.2) is 0 Å². The molecule has 2 unspecified atom stereocenters. The number of amides is 2. The van der Waals surface area contributed by atoms with Gasteiger partial charge in [-0.1, -0.05) is 19.8 Å². The number of carbonyl (C=O) groups excluding carboxylic acids is 2. The molecule has 0 aliphatic rings. The average molecular weight is 621 g/mol. The minimum Gasteiger partial charge on any atom is -0.390 e. The summed E-state index contributed by atoms with van der Waals surface area (Å²) in [6.07, 6.45) is -0.0298. The molecule has 0 heterocycles. The molecule has 0 fully saturated rings. The molecule has 0 bridgehead atoms. The van der Waals surface area contributed by atoms with Crippen molar-refractivity contribution in [2.45, 2.75) is 71.3 Å². The summed E-state index contributed by atoms with van der Waals surface area (Å²) in [7, 11) is -2.30. The van der Waals surface area contributed by atoms with E-state index in [-0.39, 0.29) is 35.6 Å². The van der Waals surface area contributed by atoms with Gasteiger partial charge in [0, 0.05) is 49.4 Å². The normalized spacial score (nSPS) is 12.9. The number of aliphatic hydroxyl groups is 1. The summed E-state index contributed by atoms with van der Waals surface area (Å²) in [6.45, 7) is 9.38. The van der Waals surface area contributed by atoms with Gasteiger partial charge < -0.3 is 15.3 Å². The number of carbonyl (C=O) groups is 2. The molecule has 2 aromatic carbocycles. The second-order valence-electron chi connectivity index (χ2n) is 10.7. The number of sulfonamides is 1. The Hall–Kier alpha value is -3.37. The molecule has 0 aliphatic carbocycles.